The topological polar surface area (TPSA) is 20.3 Å². The average Bonchev–Trinajstić information content (AvgIpc) is 2.61. The van der Waals surface area contributed by atoms with Crippen LogP contribution in [0.4, 0.5) is 5.69 Å². The summed E-state index contributed by atoms with van der Waals surface area (Å²) in [4.78, 5) is 14.8. The number of hydrogen-bond acceptors (Lipinski definition) is 1. The van der Waals surface area contributed by atoms with E-state index >= 15 is 0 Å². The number of benzene rings is 2. The van der Waals surface area contributed by atoms with Crippen LogP contribution in [-0.2, 0) is 11.2 Å². The van der Waals surface area contributed by atoms with E-state index in [-0.39, 0.29) is 11.9 Å². The molecule has 2 atom stereocenters. The molecule has 128 valence electrons. The number of anilines is 1. The van der Waals surface area contributed by atoms with Crippen LogP contribution in [0.1, 0.15) is 44.4 Å². The van der Waals surface area contributed by atoms with Gasteiger partial charge in [0.05, 0.1) is 6.04 Å². The molecule has 0 aliphatic rings. The number of nitrogens with zero attached hydrogens (tertiary/aromatic N) is 1. The van der Waals surface area contributed by atoms with E-state index in [0.29, 0.717) is 11.4 Å². The number of carbonyl (C=O) groups excluding carboxylic acids is 1. The summed E-state index contributed by atoms with van der Waals surface area (Å²) in [5.41, 5.74) is 2.93. The van der Waals surface area contributed by atoms with E-state index < -0.39 is 5.38 Å². The normalized spacial score (nSPS) is 13.4. The monoisotopic (exact) mass is 363 g/mol. The van der Waals surface area contributed by atoms with Gasteiger partial charge in [-0.1, -0.05) is 61.8 Å². The molecule has 0 bridgehead atoms. The molecule has 0 radical (unpaired) electrons. The first-order chi connectivity index (χ1) is 11.5. The summed E-state index contributed by atoms with van der Waals surface area (Å²) in [6.07, 6.45) is 1.43. The third-order valence-electron chi connectivity index (χ3n) is 4.24. The lowest BCUT2D eigenvalue weighted by atomic mass is 10.0. The van der Waals surface area contributed by atoms with Gasteiger partial charge in [0.25, 0.3) is 0 Å². The summed E-state index contributed by atoms with van der Waals surface area (Å²) >= 11 is 12.7. The second kappa shape index (κ2) is 8.55. The lowest BCUT2D eigenvalue weighted by Crippen LogP contribution is -2.39. The molecule has 1 amide bonds. The predicted octanol–water partition coefficient (Wildman–Crippen LogP) is 6.01. The molecule has 0 spiro atoms. The van der Waals surface area contributed by atoms with Crippen molar-refractivity contribution >= 4 is 34.8 Å². The lowest BCUT2D eigenvalue weighted by Gasteiger charge is -2.33. The van der Waals surface area contributed by atoms with Gasteiger partial charge in [-0.15, -0.1) is 11.6 Å². The van der Waals surface area contributed by atoms with Gasteiger partial charge in [-0.3, -0.25) is 4.79 Å². The Morgan fingerprint density at radius 2 is 1.71 bits per heavy atom. The number of rotatable bonds is 6. The molecular formula is C20H23Cl2NO. The Hall–Kier alpha value is -1.51. The van der Waals surface area contributed by atoms with E-state index in [2.05, 4.69) is 6.92 Å². The number of halogens is 2. The summed E-state index contributed by atoms with van der Waals surface area (Å²) in [7, 11) is 0. The summed E-state index contributed by atoms with van der Waals surface area (Å²) < 4.78 is 0. The third-order valence-corrected chi connectivity index (χ3v) is 5.08. The second-order valence-electron chi connectivity index (χ2n) is 5.76. The van der Waals surface area contributed by atoms with Gasteiger partial charge in [0.15, 0.2) is 0 Å². The van der Waals surface area contributed by atoms with Crippen LogP contribution < -0.4 is 4.90 Å². The van der Waals surface area contributed by atoms with Crippen molar-refractivity contribution in [3.63, 3.8) is 0 Å². The Kier molecular flexibility index (Phi) is 6.70. The van der Waals surface area contributed by atoms with Crippen molar-refractivity contribution in [2.45, 2.75) is 45.0 Å². The highest BCUT2D eigenvalue weighted by Crippen LogP contribution is 2.34. The Morgan fingerprint density at radius 1 is 1.08 bits per heavy atom. The fraction of sp³-hybridized carbons (Fsp3) is 0.350. The molecule has 2 rings (SSSR count). The minimum absolute atomic E-state index is 0.0903. The van der Waals surface area contributed by atoms with E-state index in [0.717, 1.165) is 23.2 Å². The molecular weight excluding hydrogens is 341 g/mol. The molecule has 24 heavy (non-hydrogen) atoms. The number of para-hydroxylation sites is 1. The fourth-order valence-electron chi connectivity index (χ4n) is 2.84. The summed E-state index contributed by atoms with van der Waals surface area (Å²) in [6, 6.07) is 15.4. The van der Waals surface area contributed by atoms with Crippen LogP contribution in [0, 0.1) is 0 Å². The van der Waals surface area contributed by atoms with Crippen LogP contribution in [0.25, 0.3) is 0 Å². The van der Waals surface area contributed by atoms with Crippen molar-refractivity contribution in [1.82, 2.24) is 0 Å². The Morgan fingerprint density at radius 3 is 2.33 bits per heavy atom. The van der Waals surface area contributed by atoms with Gasteiger partial charge >= 0.3 is 0 Å². The van der Waals surface area contributed by atoms with Crippen molar-refractivity contribution in [2.75, 3.05) is 4.90 Å². The number of aryl methyl sites for hydroxylation is 1. The van der Waals surface area contributed by atoms with Gasteiger partial charge < -0.3 is 4.90 Å². The van der Waals surface area contributed by atoms with Crippen LogP contribution in [0.5, 0.6) is 0 Å². The molecule has 2 aromatic carbocycles. The number of carbonyl (C=O) groups is 1. The first-order valence-corrected chi connectivity index (χ1v) is 9.12. The third kappa shape index (κ3) is 3.93. The molecule has 0 aromatic heterocycles. The molecule has 2 unspecified atom stereocenters. The van der Waals surface area contributed by atoms with Gasteiger partial charge in [-0.05, 0) is 43.0 Å². The molecule has 2 nitrogen and oxygen atoms in total. The van der Waals surface area contributed by atoms with Gasteiger partial charge in [-0.2, -0.15) is 0 Å². The van der Waals surface area contributed by atoms with E-state index in [9.17, 15) is 4.79 Å². The van der Waals surface area contributed by atoms with Crippen LogP contribution >= 0.6 is 23.2 Å². The molecule has 4 heteroatoms. The van der Waals surface area contributed by atoms with Crippen LogP contribution in [0.15, 0.2) is 48.5 Å². The summed E-state index contributed by atoms with van der Waals surface area (Å²) in [6.45, 7) is 5.99. The van der Waals surface area contributed by atoms with Crippen molar-refractivity contribution in [1.29, 1.82) is 0 Å². The quantitative estimate of drug-likeness (QED) is 0.575. The van der Waals surface area contributed by atoms with E-state index in [1.165, 1.54) is 0 Å². The zero-order valence-electron chi connectivity index (χ0n) is 14.3. The molecule has 0 aliphatic carbocycles. The minimum Gasteiger partial charge on any atom is -0.304 e. The van der Waals surface area contributed by atoms with Gasteiger partial charge in [0, 0.05) is 10.7 Å². The Balaban J connectivity index is 2.55. The van der Waals surface area contributed by atoms with Crippen molar-refractivity contribution in [3.8, 4) is 0 Å². The average molecular weight is 364 g/mol. The van der Waals surface area contributed by atoms with Crippen molar-refractivity contribution in [2.24, 2.45) is 0 Å². The van der Waals surface area contributed by atoms with Crippen LogP contribution in [0.2, 0.25) is 5.02 Å². The highest BCUT2D eigenvalue weighted by molar-refractivity contribution is 6.33. The SMILES string of the molecule is CCc1ccccc1N(C(=O)C(Cl)CC)C(C)c1ccccc1Cl. The molecule has 0 saturated carbocycles. The Labute approximate surface area is 154 Å². The molecule has 0 saturated heterocycles. The van der Waals surface area contributed by atoms with Gasteiger partial charge in [-0.25, -0.2) is 0 Å². The number of amides is 1. The standard InChI is InChI=1S/C20H23Cl2NO/c1-4-15-10-6-9-13-19(15)23(20(24)17(21)5-2)14(3)16-11-7-8-12-18(16)22/h6-14,17H,4-5H2,1-3H3. The second-order valence-corrected chi connectivity index (χ2v) is 6.70. The van der Waals surface area contributed by atoms with Gasteiger partial charge in [0.1, 0.15) is 5.38 Å². The van der Waals surface area contributed by atoms with Crippen LogP contribution in [0.3, 0.4) is 0 Å². The minimum atomic E-state index is -0.556. The highest BCUT2D eigenvalue weighted by atomic mass is 35.5. The smallest absolute Gasteiger partial charge is 0.245 e. The maximum absolute atomic E-state index is 13.0. The van der Waals surface area contributed by atoms with E-state index in [4.69, 9.17) is 23.2 Å². The maximum atomic E-state index is 13.0. The number of hydrogen-bond donors (Lipinski definition) is 0. The summed E-state index contributed by atoms with van der Waals surface area (Å²) in [5, 5.41) is 0.0965. The van der Waals surface area contributed by atoms with E-state index in [1.807, 2.05) is 62.4 Å². The molecule has 2 aromatic rings. The molecule has 0 N–H and O–H groups in total. The predicted molar refractivity (Wildman–Crippen MR) is 103 cm³/mol. The van der Waals surface area contributed by atoms with Crippen molar-refractivity contribution in [3.05, 3.63) is 64.7 Å². The molecule has 0 heterocycles. The van der Waals surface area contributed by atoms with Crippen LogP contribution in [-0.4, -0.2) is 11.3 Å². The molecule has 0 aliphatic heterocycles. The fourth-order valence-corrected chi connectivity index (χ4v) is 3.24. The molecule has 0 fully saturated rings. The first-order valence-electron chi connectivity index (χ1n) is 8.30. The van der Waals surface area contributed by atoms with Gasteiger partial charge in [0.2, 0.25) is 5.91 Å². The number of alkyl halides is 1. The lowest BCUT2D eigenvalue weighted by molar-refractivity contribution is -0.118. The maximum Gasteiger partial charge on any atom is 0.245 e. The zero-order chi connectivity index (χ0) is 17.7. The van der Waals surface area contributed by atoms with Crippen molar-refractivity contribution < 1.29 is 4.79 Å². The zero-order valence-corrected chi connectivity index (χ0v) is 15.8. The first kappa shape index (κ1) is 18.8. The highest BCUT2D eigenvalue weighted by Gasteiger charge is 2.29. The Bertz CT molecular complexity index is 702. The van der Waals surface area contributed by atoms with E-state index in [1.54, 1.807) is 4.90 Å². The largest absolute Gasteiger partial charge is 0.304 e. The summed E-state index contributed by atoms with van der Waals surface area (Å²) in [5.74, 6) is -0.0903.